The number of aliphatic imine (C=N–C) groups is 1. The molecule has 28 heavy (non-hydrogen) atoms. The SMILES string of the molecule is CN=C(NCC1CCCO1)NCC1C(C)OC(C)(C)N1C(=O)OC(C)(C)C.I. The molecule has 3 atom stereocenters. The molecule has 0 saturated carbocycles. The minimum Gasteiger partial charge on any atom is -0.444 e. The van der Waals surface area contributed by atoms with Gasteiger partial charge in [-0.2, -0.15) is 0 Å². The van der Waals surface area contributed by atoms with Gasteiger partial charge in [0, 0.05) is 26.7 Å². The van der Waals surface area contributed by atoms with E-state index in [1.807, 2.05) is 41.5 Å². The van der Waals surface area contributed by atoms with Gasteiger partial charge in [0.15, 0.2) is 5.96 Å². The Morgan fingerprint density at radius 2 is 1.93 bits per heavy atom. The number of ether oxygens (including phenoxy) is 3. The molecule has 2 fully saturated rings. The number of nitrogens with one attached hydrogen (secondary N) is 2. The van der Waals surface area contributed by atoms with Crippen molar-refractivity contribution in [2.24, 2.45) is 4.99 Å². The van der Waals surface area contributed by atoms with Gasteiger partial charge in [0.25, 0.3) is 0 Å². The van der Waals surface area contributed by atoms with Crippen molar-refractivity contribution in [1.82, 2.24) is 15.5 Å². The van der Waals surface area contributed by atoms with Gasteiger partial charge in [0.05, 0.1) is 18.2 Å². The highest BCUT2D eigenvalue weighted by molar-refractivity contribution is 14.0. The summed E-state index contributed by atoms with van der Waals surface area (Å²) in [4.78, 5) is 18.7. The fourth-order valence-corrected chi connectivity index (χ4v) is 3.56. The number of halogens is 1. The van der Waals surface area contributed by atoms with Crippen molar-refractivity contribution < 1.29 is 19.0 Å². The molecule has 8 nitrogen and oxygen atoms in total. The molecule has 0 spiro atoms. The Morgan fingerprint density at radius 1 is 1.29 bits per heavy atom. The van der Waals surface area contributed by atoms with Gasteiger partial charge in [0.2, 0.25) is 0 Å². The first-order chi connectivity index (χ1) is 12.5. The molecule has 9 heteroatoms. The summed E-state index contributed by atoms with van der Waals surface area (Å²) in [6.45, 7) is 13.4. The Kier molecular flexibility index (Phi) is 9.27. The lowest BCUT2D eigenvalue weighted by atomic mass is 10.1. The van der Waals surface area contributed by atoms with Crippen LogP contribution in [0.5, 0.6) is 0 Å². The van der Waals surface area contributed by atoms with Gasteiger partial charge in [-0.15, -0.1) is 24.0 Å². The van der Waals surface area contributed by atoms with E-state index in [4.69, 9.17) is 14.2 Å². The van der Waals surface area contributed by atoms with E-state index in [9.17, 15) is 4.79 Å². The summed E-state index contributed by atoms with van der Waals surface area (Å²) >= 11 is 0. The van der Waals surface area contributed by atoms with Crippen molar-refractivity contribution in [3.05, 3.63) is 0 Å². The molecule has 1 amide bonds. The van der Waals surface area contributed by atoms with Crippen LogP contribution in [0.2, 0.25) is 0 Å². The topological polar surface area (TPSA) is 84.4 Å². The van der Waals surface area contributed by atoms with Crippen LogP contribution in [-0.2, 0) is 14.2 Å². The monoisotopic (exact) mass is 512 g/mol. The van der Waals surface area contributed by atoms with Crippen LogP contribution in [-0.4, -0.2) is 73.3 Å². The molecule has 2 N–H and O–H groups in total. The molecule has 0 aromatic heterocycles. The van der Waals surface area contributed by atoms with Crippen LogP contribution in [0.1, 0.15) is 54.4 Å². The van der Waals surface area contributed by atoms with Gasteiger partial charge in [-0.1, -0.05) is 0 Å². The molecule has 2 saturated heterocycles. The van der Waals surface area contributed by atoms with Crippen molar-refractivity contribution in [1.29, 1.82) is 0 Å². The molecular weight excluding hydrogens is 475 g/mol. The third-order valence-corrected chi connectivity index (χ3v) is 4.74. The number of nitrogens with zero attached hydrogens (tertiary/aromatic N) is 2. The first kappa shape index (κ1) is 25.2. The van der Waals surface area contributed by atoms with Crippen LogP contribution in [0, 0.1) is 0 Å². The van der Waals surface area contributed by atoms with E-state index in [1.165, 1.54) is 0 Å². The van der Waals surface area contributed by atoms with Gasteiger partial charge in [0.1, 0.15) is 11.3 Å². The molecule has 2 aliphatic rings. The summed E-state index contributed by atoms with van der Waals surface area (Å²) in [6, 6.07) is -0.170. The van der Waals surface area contributed by atoms with E-state index in [1.54, 1.807) is 11.9 Å². The molecule has 0 aromatic carbocycles. The van der Waals surface area contributed by atoms with Gasteiger partial charge in [-0.3, -0.25) is 9.89 Å². The van der Waals surface area contributed by atoms with Crippen LogP contribution >= 0.6 is 24.0 Å². The number of rotatable bonds is 4. The van der Waals surface area contributed by atoms with Crippen molar-refractivity contribution in [2.45, 2.75) is 84.0 Å². The number of hydrogen-bond acceptors (Lipinski definition) is 5. The number of hydrogen-bond donors (Lipinski definition) is 2. The molecule has 3 unspecified atom stereocenters. The minimum atomic E-state index is -0.733. The first-order valence-corrected chi connectivity index (χ1v) is 9.80. The van der Waals surface area contributed by atoms with E-state index in [0.29, 0.717) is 12.5 Å². The summed E-state index contributed by atoms with van der Waals surface area (Å²) < 4.78 is 17.3. The standard InChI is InChI=1S/C19H36N4O4.HI/c1-13-15(12-22-16(20-7)21-11-14-9-8-10-25-14)23(19(5,6)26-13)17(24)27-18(2,3)4;/h13-15H,8-12H2,1-7H3,(H2,20,21,22);1H. The van der Waals surface area contributed by atoms with Crippen molar-refractivity contribution in [2.75, 3.05) is 26.7 Å². The molecule has 0 aliphatic carbocycles. The van der Waals surface area contributed by atoms with Crippen LogP contribution in [0.3, 0.4) is 0 Å². The fraction of sp³-hybridized carbons (Fsp3) is 0.895. The zero-order valence-corrected chi connectivity index (χ0v) is 20.5. The maximum Gasteiger partial charge on any atom is 0.412 e. The molecule has 2 aliphatic heterocycles. The Hall–Kier alpha value is -0.810. The van der Waals surface area contributed by atoms with Gasteiger partial charge in [-0.05, 0) is 54.4 Å². The summed E-state index contributed by atoms with van der Waals surface area (Å²) in [5.41, 5.74) is -1.29. The average molecular weight is 512 g/mol. The second-order valence-electron chi connectivity index (χ2n) is 8.66. The first-order valence-electron chi connectivity index (χ1n) is 9.80. The molecule has 2 rings (SSSR count). The zero-order valence-electron chi connectivity index (χ0n) is 18.2. The summed E-state index contributed by atoms with van der Waals surface area (Å²) in [5.74, 6) is 0.687. The number of guanidine groups is 1. The van der Waals surface area contributed by atoms with Crippen molar-refractivity contribution in [3.8, 4) is 0 Å². The average Bonchev–Trinajstić information content (AvgIpc) is 3.11. The Bertz CT molecular complexity index is 545. The molecule has 0 radical (unpaired) electrons. The maximum atomic E-state index is 12.8. The van der Waals surface area contributed by atoms with E-state index in [-0.39, 0.29) is 48.3 Å². The fourth-order valence-electron chi connectivity index (χ4n) is 3.56. The summed E-state index contributed by atoms with van der Waals surface area (Å²) in [7, 11) is 1.73. The van der Waals surface area contributed by atoms with Crippen molar-refractivity contribution >= 4 is 36.0 Å². The van der Waals surface area contributed by atoms with E-state index >= 15 is 0 Å². The predicted molar refractivity (Wildman–Crippen MR) is 120 cm³/mol. The number of carbonyl (C=O) groups excluding carboxylic acids is 1. The molecule has 0 aromatic rings. The number of carbonyl (C=O) groups is 1. The Balaban J connectivity index is 0.00000392. The number of amides is 1. The summed E-state index contributed by atoms with van der Waals surface area (Å²) in [6.07, 6.45) is 1.91. The van der Waals surface area contributed by atoms with E-state index in [0.717, 1.165) is 26.0 Å². The highest BCUT2D eigenvalue weighted by Gasteiger charge is 2.49. The maximum absolute atomic E-state index is 12.8. The molecule has 164 valence electrons. The minimum absolute atomic E-state index is 0. The lowest BCUT2D eigenvalue weighted by Crippen LogP contribution is -2.54. The normalized spacial score (nSPS) is 27.3. The van der Waals surface area contributed by atoms with Gasteiger partial charge >= 0.3 is 6.09 Å². The lowest BCUT2D eigenvalue weighted by Gasteiger charge is -2.35. The van der Waals surface area contributed by atoms with Crippen LogP contribution in [0.15, 0.2) is 4.99 Å². The summed E-state index contributed by atoms with van der Waals surface area (Å²) in [5, 5.41) is 6.60. The van der Waals surface area contributed by atoms with Gasteiger partial charge in [-0.25, -0.2) is 4.79 Å². The highest BCUT2D eigenvalue weighted by atomic mass is 127. The van der Waals surface area contributed by atoms with Crippen LogP contribution < -0.4 is 10.6 Å². The Labute approximate surface area is 186 Å². The lowest BCUT2D eigenvalue weighted by molar-refractivity contribution is -0.0755. The third kappa shape index (κ3) is 6.91. The predicted octanol–water partition coefficient (Wildman–Crippen LogP) is 2.71. The second-order valence-corrected chi connectivity index (χ2v) is 8.66. The Morgan fingerprint density at radius 3 is 2.46 bits per heavy atom. The third-order valence-electron chi connectivity index (χ3n) is 4.74. The molecular formula is C19H37IN4O4. The van der Waals surface area contributed by atoms with Crippen LogP contribution in [0.25, 0.3) is 0 Å². The van der Waals surface area contributed by atoms with Gasteiger partial charge < -0.3 is 24.8 Å². The van der Waals surface area contributed by atoms with Crippen molar-refractivity contribution in [3.63, 3.8) is 0 Å². The van der Waals surface area contributed by atoms with E-state index < -0.39 is 11.3 Å². The smallest absolute Gasteiger partial charge is 0.412 e. The largest absolute Gasteiger partial charge is 0.444 e. The second kappa shape index (κ2) is 10.3. The quantitative estimate of drug-likeness (QED) is 0.343. The van der Waals surface area contributed by atoms with Crippen LogP contribution in [0.4, 0.5) is 4.79 Å². The highest BCUT2D eigenvalue weighted by Crippen LogP contribution is 2.33. The molecule has 0 bridgehead atoms. The zero-order chi connectivity index (χ0) is 20.2. The molecule has 2 heterocycles. The van der Waals surface area contributed by atoms with E-state index in [2.05, 4.69) is 15.6 Å².